The van der Waals surface area contributed by atoms with E-state index in [9.17, 15) is 0 Å². The Balaban J connectivity index is 2.54. The third kappa shape index (κ3) is 3.19. The number of ether oxygens (including phenoxy) is 2. The molecule has 1 unspecified atom stereocenters. The Morgan fingerprint density at radius 3 is 2.62 bits per heavy atom. The minimum atomic E-state index is -0.00518. The molecular weight excluding hydrogens is 284 g/mol. The average molecular weight is 306 g/mol. The van der Waals surface area contributed by atoms with E-state index in [0.29, 0.717) is 11.5 Å². The normalized spacial score (nSPS) is 12.2. The summed E-state index contributed by atoms with van der Waals surface area (Å²) in [6, 6.07) is 5.83. The highest BCUT2D eigenvalue weighted by atomic mass is 32.1. The van der Waals surface area contributed by atoms with Crippen LogP contribution in [0.15, 0.2) is 18.2 Å². The number of rotatable bonds is 6. The van der Waals surface area contributed by atoms with Crippen molar-refractivity contribution in [2.45, 2.75) is 32.7 Å². The molecule has 0 radical (unpaired) electrons. The molecule has 0 saturated heterocycles. The minimum Gasteiger partial charge on any atom is -0.493 e. The van der Waals surface area contributed by atoms with Crippen molar-refractivity contribution >= 4 is 11.3 Å². The van der Waals surface area contributed by atoms with Crippen molar-refractivity contribution in [3.8, 4) is 22.1 Å². The van der Waals surface area contributed by atoms with Gasteiger partial charge >= 0.3 is 0 Å². The number of aromatic nitrogens is 1. The van der Waals surface area contributed by atoms with Crippen LogP contribution < -0.4 is 15.2 Å². The van der Waals surface area contributed by atoms with Crippen LogP contribution in [0.5, 0.6) is 11.5 Å². The number of nitrogens with two attached hydrogens (primary N) is 1. The molecule has 0 bridgehead atoms. The zero-order valence-electron chi connectivity index (χ0n) is 13.0. The predicted molar refractivity (Wildman–Crippen MR) is 87.3 cm³/mol. The summed E-state index contributed by atoms with van der Waals surface area (Å²) in [6.45, 7) is 4.15. The van der Waals surface area contributed by atoms with Crippen LogP contribution in [0.4, 0.5) is 0 Å². The van der Waals surface area contributed by atoms with E-state index in [2.05, 4.69) is 6.92 Å². The maximum absolute atomic E-state index is 6.08. The van der Waals surface area contributed by atoms with Gasteiger partial charge in [0.1, 0.15) is 5.01 Å². The molecule has 0 aliphatic rings. The second-order valence-electron chi connectivity index (χ2n) is 4.91. The van der Waals surface area contributed by atoms with Gasteiger partial charge in [-0.15, -0.1) is 11.3 Å². The number of aryl methyl sites for hydroxylation is 1. The summed E-state index contributed by atoms with van der Waals surface area (Å²) in [4.78, 5) is 5.93. The second kappa shape index (κ2) is 6.91. The highest BCUT2D eigenvalue weighted by Crippen LogP contribution is 2.41. The van der Waals surface area contributed by atoms with Gasteiger partial charge in [0, 0.05) is 10.9 Å². The molecule has 0 spiro atoms. The molecule has 2 aromatic rings. The Kier molecular flexibility index (Phi) is 5.20. The first kappa shape index (κ1) is 15.8. The molecule has 5 heteroatoms. The van der Waals surface area contributed by atoms with Crippen LogP contribution >= 0.6 is 11.3 Å². The van der Waals surface area contributed by atoms with Gasteiger partial charge in [-0.1, -0.05) is 19.4 Å². The highest BCUT2D eigenvalue weighted by molar-refractivity contribution is 7.15. The summed E-state index contributed by atoms with van der Waals surface area (Å²) in [5.41, 5.74) is 8.12. The Morgan fingerprint density at radius 1 is 1.29 bits per heavy atom. The van der Waals surface area contributed by atoms with E-state index in [-0.39, 0.29) is 6.04 Å². The summed E-state index contributed by atoms with van der Waals surface area (Å²) < 4.78 is 10.9. The standard InChI is InChI=1S/C16H22N2O2S/c1-5-7-12-15(10(2)17)21-16(18-12)11-8-6-9-13(19-3)14(11)20-4/h6,8-10H,5,7,17H2,1-4H3. The number of hydrogen-bond acceptors (Lipinski definition) is 5. The van der Waals surface area contributed by atoms with Gasteiger partial charge in [-0.05, 0) is 25.5 Å². The Labute approximate surface area is 129 Å². The number of hydrogen-bond donors (Lipinski definition) is 1. The molecule has 0 aliphatic carbocycles. The molecule has 21 heavy (non-hydrogen) atoms. The van der Waals surface area contributed by atoms with E-state index in [4.69, 9.17) is 20.2 Å². The van der Waals surface area contributed by atoms with Crippen molar-refractivity contribution in [3.05, 3.63) is 28.8 Å². The van der Waals surface area contributed by atoms with E-state index in [1.54, 1.807) is 25.6 Å². The quantitative estimate of drug-likeness (QED) is 0.882. The molecule has 1 atom stereocenters. The van der Waals surface area contributed by atoms with Crippen molar-refractivity contribution in [3.63, 3.8) is 0 Å². The van der Waals surface area contributed by atoms with Crippen LogP contribution in [0.25, 0.3) is 10.6 Å². The zero-order valence-corrected chi connectivity index (χ0v) is 13.8. The zero-order chi connectivity index (χ0) is 15.4. The lowest BCUT2D eigenvalue weighted by atomic mass is 10.1. The molecule has 1 heterocycles. The molecule has 4 nitrogen and oxygen atoms in total. The van der Waals surface area contributed by atoms with E-state index < -0.39 is 0 Å². The van der Waals surface area contributed by atoms with Crippen LogP contribution in [0.1, 0.15) is 36.9 Å². The van der Waals surface area contributed by atoms with Crippen molar-refractivity contribution in [2.75, 3.05) is 14.2 Å². The fourth-order valence-corrected chi connectivity index (χ4v) is 3.39. The van der Waals surface area contributed by atoms with E-state index in [1.165, 1.54) is 0 Å². The van der Waals surface area contributed by atoms with Gasteiger partial charge in [0.2, 0.25) is 0 Å². The number of nitrogens with zero attached hydrogens (tertiary/aromatic N) is 1. The maximum atomic E-state index is 6.08. The summed E-state index contributed by atoms with van der Waals surface area (Å²) >= 11 is 1.64. The molecule has 2 N–H and O–H groups in total. The molecule has 0 amide bonds. The van der Waals surface area contributed by atoms with Gasteiger partial charge in [0.25, 0.3) is 0 Å². The van der Waals surface area contributed by atoms with Crippen LogP contribution in [0.2, 0.25) is 0 Å². The SMILES string of the molecule is CCCc1nc(-c2cccc(OC)c2OC)sc1C(C)N. The third-order valence-electron chi connectivity index (χ3n) is 3.26. The van der Waals surface area contributed by atoms with Gasteiger partial charge in [-0.3, -0.25) is 0 Å². The second-order valence-corrected chi connectivity index (χ2v) is 5.94. The summed E-state index contributed by atoms with van der Waals surface area (Å²) in [5, 5.41) is 0.932. The first-order valence-corrected chi connectivity index (χ1v) is 7.90. The molecular formula is C16H22N2O2S. The van der Waals surface area contributed by atoms with E-state index >= 15 is 0 Å². The first-order chi connectivity index (χ1) is 10.1. The number of methoxy groups -OCH3 is 2. The molecule has 2 rings (SSSR count). The van der Waals surface area contributed by atoms with Crippen molar-refractivity contribution in [1.82, 2.24) is 4.98 Å². The maximum Gasteiger partial charge on any atom is 0.170 e. The first-order valence-electron chi connectivity index (χ1n) is 7.08. The largest absolute Gasteiger partial charge is 0.493 e. The Hall–Kier alpha value is -1.59. The van der Waals surface area contributed by atoms with Gasteiger partial charge in [0.05, 0.1) is 25.5 Å². The number of thiazole rings is 1. The van der Waals surface area contributed by atoms with Gasteiger partial charge in [0.15, 0.2) is 11.5 Å². The minimum absolute atomic E-state index is 0.00518. The molecule has 0 aliphatic heterocycles. The van der Waals surface area contributed by atoms with Gasteiger partial charge in [-0.2, -0.15) is 0 Å². The van der Waals surface area contributed by atoms with Crippen molar-refractivity contribution < 1.29 is 9.47 Å². The predicted octanol–water partition coefficient (Wildman–Crippen LogP) is 3.80. The lowest BCUT2D eigenvalue weighted by Crippen LogP contribution is -2.05. The number of para-hydroxylation sites is 1. The van der Waals surface area contributed by atoms with Crippen LogP contribution in [-0.2, 0) is 6.42 Å². The lowest BCUT2D eigenvalue weighted by Gasteiger charge is -2.10. The fraction of sp³-hybridized carbons (Fsp3) is 0.438. The smallest absolute Gasteiger partial charge is 0.170 e. The Morgan fingerprint density at radius 2 is 2.05 bits per heavy atom. The third-order valence-corrected chi connectivity index (χ3v) is 4.59. The Bertz CT molecular complexity index is 608. The van der Waals surface area contributed by atoms with Gasteiger partial charge in [-0.25, -0.2) is 4.98 Å². The van der Waals surface area contributed by atoms with Gasteiger partial charge < -0.3 is 15.2 Å². The van der Waals surface area contributed by atoms with Crippen LogP contribution in [0, 0.1) is 0 Å². The molecule has 1 aromatic heterocycles. The lowest BCUT2D eigenvalue weighted by molar-refractivity contribution is 0.356. The molecule has 0 fully saturated rings. The summed E-state index contributed by atoms with van der Waals surface area (Å²) in [7, 11) is 3.29. The molecule has 0 saturated carbocycles. The van der Waals surface area contributed by atoms with Crippen molar-refractivity contribution in [2.24, 2.45) is 5.73 Å². The number of benzene rings is 1. The van der Waals surface area contributed by atoms with Crippen molar-refractivity contribution in [1.29, 1.82) is 0 Å². The topological polar surface area (TPSA) is 57.4 Å². The monoisotopic (exact) mass is 306 g/mol. The van der Waals surface area contributed by atoms with E-state index in [1.807, 2.05) is 25.1 Å². The van der Waals surface area contributed by atoms with Crippen LogP contribution in [-0.4, -0.2) is 19.2 Å². The average Bonchev–Trinajstić information content (AvgIpc) is 2.90. The van der Waals surface area contributed by atoms with E-state index in [0.717, 1.165) is 34.0 Å². The van der Waals surface area contributed by atoms with Crippen LogP contribution in [0.3, 0.4) is 0 Å². The summed E-state index contributed by atoms with van der Waals surface area (Å²) in [5.74, 6) is 1.43. The molecule has 114 valence electrons. The molecule has 1 aromatic carbocycles. The summed E-state index contributed by atoms with van der Waals surface area (Å²) in [6.07, 6.45) is 2.00. The fourth-order valence-electron chi connectivity index (χ4n) is 2.31. The highest BCUT2D eigenvalue weighted by Gasteiger charge is 2.19.